The maximum absolute atomic E-state index is 12.3. The van der Waals surface area contributed by atoms with E-state index in [9.17, 15) is 4.79 Å². The van der Waals surface area contributed by atoms with Crippen LogP contribution in [-0.4, -0.2) is 26.4 Å². The molecular formula is C21H22Cl2N4O2S. The van der Waals surface area contributed by atoms with E-state index in [0.717, 1.165) is 12.2 Å². The van der Waals surface area contributed by atoms with Gasteiger partial charge in [0.15, 0.2) is 11.0 Å². The second-order valence-electron chi connectivity index (χ2n) is 6.39. The molecule has 1 aromatic heterocycles. The quantitative estimate of drug-likeness (QED) is 0.424. The lowest BCUT2D eigenvalue weighted by atomic mass is 10.2. The van der Waals surface area contributed by atoms with Crippen LogP contribution < -0.4 is 10.1 Å². The summed E-state index contributed by atoms with van der Waals surface area (Å²) in [6.07, 6.45) is 0.989. The van der Waals surface area contributed by atoms with Crippen molar-refractivity contribution in [3.8, 4) is 5.75 Å². The van der Waals surface area contributed by atoms with Crippen LogP contribution in [0.3, 0.4) is 0 Å². The highest BCUT2D eigenvalue weighted by molar-refractivity contribution is 7.99. The molecule has 0 aliphatic carbocycles. The second kappa shape index (κ2) is 10.7. The lowest BCUT2D eigenvalue weighted by Crippen LogP contribution is -2.15. The SMILES string of the molecule is CCc1ccc(OCc2nnc(SCC(=O)Nc3ccc(Cl)cc3Cl)n2CC)cc1. The van der Waals surface area contributed by atoms with Crippen molar-refractivity contribution in [2.75, 3.05) is 11.1 Å². The summed E-state index contributed by atoms with van der Waals surface area (Å²) in [6, 6.07) is 12.9. The number of anilines is 1. The van der Waals surface area contributed by atoms with E-state index >= 15 is 0 Å². The van der Waals surface area contributed by atoms with E-state index in [1.165, 1.54) is 17.3 Å². The molecule has 0 unspecified atom stereocenters. The van der Waals surface area contributed by atoms with E-state index in [1.807, 2.05) is 35.8 Å². The van der Waals surface area contributed by atoms with Gasteiger partial charge in [-0.2, -0.15) is 0 Å². The number of aryl methyl sites for hydroxylation is 1. The molecule has 0 saturated heterocycles. The molecule has 1 amide bonds. The van der Waals surface area contributed by atoms with Crippen LogP contribution in [0.15, 0.2) is 47.6 Å². The highest BCUT2D eigenvalue weighted by atomic mass is 35.5. The predicted octanol–water partition coefficient (Wildman–Crippen LogP) is 5.48. The van der Waals surface area contributed by atoms with E-state index in [4.69, 9.17) is 27.9 Å². The van der Waals surface area contributed by atoms with Crippen LogP contribution in [0.25, 0.3) is 0 Å². The summed E-state index contributed by atoms with van der Waals surface area (Å²) in [5, 5.41) is 12.8. The summed E-state index contributed by atoms with van der Waals surface area (Å²) in [7, 11) is 0. The first-order valence-corrected chi connectivity index (χ1v) is 11.3. The van der Waals surface area contributed by atoms with Crippen molar-refractivity contribution < 1.29 is 9.53 Å². The molecule has 0 radical (unpaired) electrons. The van der Waals surface area contributed by atoms with Crippen LogP contribution >= 0.6 is 35.0 Å². The van der Waals surface area contributed by atoms with E-state index in [0.29, 0.717) is 39.9 Å². The Morgan fingerprint density at radius 2 is 1.90 bits per heavy atom. The van der Waals surface area contributed by atoms with E-state index < -0.39 is 0 Å². The summed E-state index contributed by atoms with van der Waals surface area (Å²) in [5.41, 5.74) is 1.78. The van der Waals surface area contributed by atoms with E-state index in [1.54, 1.807) is 18.2 Å². The Morgan fingerprint density at radius 3 is 2.57 bits per heavy atom. The van der Waals surface area contributed by atoms with Crippen molar-refractivity contribution in [2.45, 2.75) is 38.6 Å². The fraction of sp³-hybridized carbons (Fsp3) is 0.286. The fourth-order valence-corrected chi connectivity index (χ4v) is 4.00. The molecule has 0 fully saturated rings. The Balaban J connectivity index is 1.57. The monoisotopic (exact) mass is 464 g/mol. The molecular weight excluding hydrogens is 443 g/mol. The van der Waals surface area contributed by atoms with Gasteiger partial charge in [-0.25, -0.2) is 0 Å². The van der Waals surface area contributed by atoms with Crippen LogP contribution in [0.1, 0.15) is 25.2 Å². The highest BCUT2D eigenvalue weighted by Crippen LogP contribution is 2.26. The van der Waals surface area contributed by atoms with E-state index in [-0.39, 0.29) is 11.7 Å². The van der Waals surface area contributed by atoms with Gasteiger partial charge >= 0.3 is 0 Å². The Kier molecular flexibility index (Phi) is 8.01. The maximum atomic E-state index is 12.3. The van der Waals surface area contributed by atoms with Gasteiger partial charge in [-0.05, 0) is 49.2 Å². The average Bonchev–Trinajstić information content (AvgIpc) is 3.15. The van der Waals surface area contributed by atoms with Crippen LogP contribution in [-0.2, 0) is 24.4 Å². The first-order chi connectivity index (χ1) is 14.5. The van der Waals surface area contributed by atoms with Gasteiger partial charge < -0.3 is 14.6 Å². The van der Waals surface area contributed by atoms with Gasteiger partial charge in [-0.3, -0.25) is 4.79 Å². The third-order valence-corrected chi connectivity index (χ3v) is 5.86. The molecule has 3 aromatic rings. The molecule has 6 nitrogen and oxygen atoms in total. The average molecular weight is 465 g/mol. The summed E-state index contributed by atoms with van der Waals surface area (Å²) in [4.78, 5) is 12.3. The minimum atomic E-state index is -0.191. The summed E-state index contributed by atoms with van der Waals surface area (Å²) < 4.78 is 7.78. The summed E-state index contributed by atoms with van der Waals surface area (Å²) >= 11 is 13.3. The smallest absolute Gasteiger partial charge is 0.234 e. The van der Waals surface area contributed by atoms with Crippen LogP contribution in [0.2, 0.25) is 10.0 Å². The molecule has 3 rings (SSSR count). The molecule has 0 saturated carbocycles. The van der Waals surface area contributed by atoms with Gasteiger partial charge in [-0.1, -0.05) is 54.0 Å². The van der Waals surface area contributed by atoms with Crippen molar-refractivity contribution in [1.82, 2.24) is 14.8 Å². The Bertz CT molecular complexity index is 1010. The molecule has 0 aliphatic rings. The van der Waals surface area contributed by atoms with Crippen LogP contribution in [0, 0.1) is 0 Å². The Morgan fingerprint density at radius 1 is 1.13 bits per heavy atom. The van der Waals surface area contributed by atoms with Gasteiger partial charge in [-0.15, -0.1) is 10.2 Å². The Labute approximate surface area is 189 Å². The van der Waals surface area contributed by atoms with Crippen molar-refractivity contribution in [2.24, 2.45) is 0 Å². The van der Waals surface area contributed by atoms with Gasteiger partial charge in [0.2, 0.25) is 5.91 Å². The lowest BCUT2D eigenvalue weighted by Gasteiger charge is -2.10. The second-order valence-corrected chi connectivity index (χ2v) is 8.18. The highest BCUT2D eigenvalue weighted by Gasteiger charge is 2.14. The number of amides is 1. The third kappa shape index (κ3) is 5.90. The zero-order valence-electron chi connectivity index (χ0n) is 16.7. The molecule has 9 heteroatoms. The maximum Gasteiger partial charge on any atom is 0.234 e. The minimum absolute atomic E-state index is 0.177. The third-order valence-electron chi connectivity index (χ3n) is 4.35. The van der Waals surface area contributed by atoms with Gasteiger partial charge in [0, 0.05) is 11.6 Å². The molecule has 1 heterocycles. The zero-order valence-corrected chi connectivity index (χ0v) is 19.0. The molecule has 0 atom stereocenters. The summed E-state index contributed by atoms with van der Waals surface area (Å²) in [6.45, 7) is 5.09. The number of halogens is 2. The molecule has 30 heavy (non-hydrogen) atoms. The number of benzene rings is 2. The van der Waals surface area contributed by atoms with Crippen LogP contribution in [0.5, 0.6) is 5.75 Å². The molecule has 0 bridgehead atoms. The lowest BCUT2D eigenvalue weighted by molar-refractivity contribution is -0.113. The predicted molar refractivity (Wildman–Crippen MR) is 122 cm³/mol. The van der Waals surface area contributed by atoms with Crippen LogP contribution in [0.4, 0.5) is 5.69 Å². The van der Waals surface area contributed by atoms with Gasteiger partial charge in [0.25, 0.3) is 0 Å². The molecule has 158 valence electrons. The Hall–Kier alpha value is -2.22. The number of nitrogens with one attached hydrogen (secondary N) is 1. The molecule has 1 N–H and O–H groups in total. The largest absolute Gasteiger partial charge is 0.486 e. The number of carbonyl (C=O) groups excluding carboxylic acids is 1. The number of hydrogen-bond acceptors (Lipinski definition) is 5. The van der Waals surface area contributed by atoms with Gasteiger partial charge in [0.05, 0.1) is 16.5 Å². The number of hydrogen-bond donors (Lipinski definition) is 1. The number of rotatable bonds is 9. The van der Waals surface area contributed by atoms with Gasteiger partial charge in [0.1, 0.15) is 12.4 Å². The standard InChI is InChI=1S/C21H22Cl2N4O2S/c1-3-14-5-8-16(9-6-14)29-12-19-25-26-21(27(19)4-2)30-13-20(28)24-18-10-7-15(22)11-17(18)23/h5-11H,3-4,12-13H2,1-2H3,(H,24,28). The number of nitrogens with zero attached hydrogens (tertiary/aromatic N) is 3. The zero-order chi connectivity index (χ0) is 21.5. The van der Waals surface area contributed by atoms with Crippen molar-refractivity contribution in [1.29, 1.82) is 0 Å². The number of ether oxygens (including phenoxy) is 1. The number of aromatic nitrogens is 3. The molecule has 0 spiro atoms. The van der Waals surface area contributed by atoms with E-state index in [2.05, 4.69) is 22.4 Å². The number of thioether (sulfide) groups is 1. The van der Waals surface area contributed by atoms with Crippen molar-refractivity contribution >= 4 is 46.6 Å². The van der Waals surface area contributed by atoms with Crippen molar-refractivity contribution in [3.05, 3.63) is 63.9 Å². The normalized spacial score (nSPS) is 10.8. The minimum Gasteiger partial charge on any atom is -0.486 e. The molecule has 0 aliphatic heterocycles. The first kappa shape index (κ1) is 22.5. The first-order valence-electron chi connectivity index (χ1n) is 9.51. The number of carbonyl (C=O) groups is 1. The van der Waals surface area contributed by atoms with Crippen molar-refractivity contribution in [3.63, 3.8) is 0 Å². The summed E-state index contributed by atoms with van der Waals surface area (Å²) in [5.74, 6) is 1.48. The topological polar surface area (TPSA) is 69.0 Å². The molecule has 2 aromatic carbocycles. The fourth-order valence-electron chi connectivity index (χ4n) is 2.73.